The van der Waals surface area contributed by atoms with Gasteiger partial charge in [-0.1, -0.05) is 27.7 Å². The molecule has 0 amide bonds. The van der Waals surface area contributed by atoms with Gasteiger partial charge in [0.25, 0.3) is 0 Å². The first-order chi connectivity index (χ1) is 8.73. The summed E-state index contributed by atoms with van der Waals surface area (Å²) in [6.45, 7) is 9.51. The predicted octanol–water partition coefficient (Wildman–Crippen LogP) is 2.77. The van der Waals surface area contributed by atoms with Gasteiger partial charge in [-0.2, -0.15) is 5.26 Å². The second-order valence-corrected chi connectivity index (χ2v) is 8.58. The average molecular weight is 286 g/mol. The van der Waals surface area contributed by atoms with Gasteiger partial charge in [-0.15, -0.1) is 0 Å². The summed E-state index contributed by atoms with van der Waals surface area (Å²) in [4.78, 5) is 0. The zero-order chi connectivity index (χ0) is 14.7. The minimum Gasteiger partial charge on any atom is -0.211 e. The Balaban J connectivity index is 2.81. The fourth-order valence-corrected chi connectivity index (χ4v) is 4.40. The Kier molecular flexibility index (Phi) is 5.40. The van der Waals surface area contributed by atoms with Crippen molar-refractivity contribution >= 4 is 10.0 Å². The van der Waals surface area contributed by atoms with E-state index in [0.29, 0.717) is 25.4 Å². The average Bonchev–Trinajstić information content (AvgIpc) is 2.55. The Hall–Kier alpha value is -0.600. The van der Waals surface area contributed by atoms with Crippen molar-refractivity contribution in [3.63, 3.8) is 0 Å². The normalized spacial score (nSPS) is 24.5. The van der Waals surface area contributed by atoms with E-state index in [1.54, 1.807) is 6.92 Å². The quantitative estimate of drug-likeness (QED) is 0.801. The van der Waals surface area contributed by atoms with E-state index in [1.807, 2.05) is 6.07 Å². The topological polar surface area (TPSA) is 61.2 Å². The summed E-state index contributed by atoms with van der Waals surface area (Å²) in [6, 6.07) is 1.92. The van der Waals surface area contributed by atoms with Gasteiger partial charge in [-0.25, -0.2) is 12.7 Å². The van der Waals surface area contributed by atoms with E-state index >= 15 is 0 Å². The maximum absolute atomic E-state index is 12.4. The molecular formula is C14H26N2O2S. The molecule has 1 aliphatic rings. The molecule has 0 aromatic rings. The molecule has 0 radical (unpaired) electrons. The van der Waals surface area contributed by atoms with Gasteiger partial charge in [0.05, 0.1) is 6.07 Å². The molecule has 2 unspecified atom stereocenters. The van der Waals surface area contributed by atoms with Crippen molar-refractivity contribution in [1.82, 2.24) is 4.31 Å². The van der Waals surface area contributed by atoms with Crippen molar-refractivity contribution in [3.8, 4) is 6.07 Å². The number of hydrogen-bond donors (Lipinski definition) is 0. The molecule has 1 heterocycles. The molecule has 0 spiro atoms. The Bertz CT molecular complexity index is 431. The fraction of sp³-hybridized carbons (Fsp3) is 0.929. The molecule has 0 saturated carbocycles. The largest absolute Gasteiger partial charge is 0.230 e. The first kappa shape index (κ1) is 16.5. The second-order valence-electron chi connectivity index (χ2n) is 6.46. The maximum atomic E-state index is 12.4. The molecule has 110 valence electrons. The van der Waals surface area contributed by atoms with Crippen LogP contribution in [0.4, 0.5) is 0 Å². The van der Waals surface area contributed by atoms with Gasteiger partial charge in [-0.3, -0.25) is 0 Å². The number of nitriles is 1. The summed E-state index contributed by atoms with van der Waals surface area (Å²) in [5.41, 5.74) is 0.221. The van der Waals surface area contributed by atoms with Crippen LogP contribution in [0.5, 0.6) is 0 Å². The third-order valence-corrected chi connectivity index (χ3v) is 6.39. The Morgan fingerprint density at radius 2 is 1.95 bits per heavy atom. The summed E-state index contributed by atoms with van der Waals surface area (Å²) in [5.74, 6) is 0.551. The van der Waals surface area contributed by atoms with E-state index in [1.165, 1.54) is 4.31 Å². The van der Waals surface area contributed by atoms with Crippen LogP contribution < -0.4 is 0 Å². The van der Waals surface area contributed by atoms with Crippen LogP contribution in [0.25, 0.3) is 0 Å². The highest BCUT2D eigenvalue weighted by Gasteiger charge is 2.34. The lowest BCUT2D eigenvalue weighted by atomic mass is 9.77. The first-order valence-corrected chi connectivity index (χ1v) is 8.62. The molecule has 0 aliphatic carbocycles. The van der Waals surface area contributed by atoms with Crippen molar-refractivity contribution in [3.05, 3.63) is 0 Å². The highest BCUT2D eigenvalue weighted by Crippen LogP contribution is 2.35. The second kappa shape index (κ2) is 6.23. The molecule has 0 aromatic carbocycles. The van der Waals surface area contributed by atoms with E-state index in [9.17, 15) is 8.42 Å². The molecule has 4 nitrogen and oxygen atoms in total. The van der Waals surface area contributed by atoms with Gasteiger partial charge in [-0.05, 0) is 37.0 Å². The Labute approximate surface area is 117 Å². The fourth-order valence-electron chi connectivity index (χ4n) is 2.74. The molecule has 5 heteroatoms. The molecule has 1 saturated heterocycles. The number of sulfonamides is 1. The SMILES string of the molecule is CCC(C#N)S(=O)(=O)N1CCCC(C(C)(C)C)CC1. The van der Waals surface area contributed by atoms with Crippen molar-refractivity contribution in [2.75, 3.05) is 13.1 Å². The van der Waals surface area contributed by atoms with E-state index in [0.717, 1.165) is 19.3 Å². The summed E-state index contributed by atoms with van der Waals surface area (Å²) in [6.07, 6.45) is 3.21. The number of rotatable bonds is 3. The summed E-state index contributed by atoms with van der Waals surface area (Å²) >= 11 is 0. The molecule has 19 heavy (non-hydrogen) atoms. The van der Waals surface area contributed by atoms with Crippen LogP contribution in [0, 0.1) is 22.7 Å². The van der Waals surface area contributed by atoms with Crippen molar-refractivity contribution in [1.29, 1.82) is 5.26 Å². The van der Waals surface area contributed by atoms with E-state index < -0.39 is 15.3 Å². The molecule has 1 rings (SSSR count). The first-order valence-electron chi connectivity index (χ1n) is 7.12. The lowest BCUT2D eigenvalue weighted by molar-refractivity contribution is 0.216. The van der Waals surface area contributed by atoms with Crippen LogP contribution in [0.15, 0.2) is 0 Å². The van der Waals surface area contributed by atoms with Crippen molar-refractivity contribution < 1.29 is 8.42 Å². The third kappa shape index (κ3) is 3.93. The summed E-state index contributed by atoms with van der Waals surface area (Å²) in [5, 5.41) is 8.10. The predicted molar refractivity (Wildman–Crippen MR) is 77.0 cm³/mol. The molecule has 0 aromatic heterocycles. The number of nitrogens with zero attached hydrogens (tertiary/aromatic N) is 2. The lowest BCUT2D eigenvalue weighted by Gasteiger charge is -2.29. The van der Waals surface area contributed by atoms with Crippen LogP contribution in [0.1, 0.15) is 53.4 Å². The smallest absolute Gasteiger partial charge is 0.211 e. The summed E-state index contributed by atoms with van der Waals surface area (Å²) < 4.78 is 26.3. The Morgan fingerprint density at radius 1 is 1.32 bits per heavy atom. The molecule has 1 aliphatic heterocycles. The van der Waals surface area contributed by atoms with E-state index in [2.05, 4.69) is 20.8 Å². The van der Waals surface area contributed by atoms with E-state index in [4.69, 9.17) is 5.26 Å². The van der Waals surface area contributed by atoms with Crippen LogP contribution in [0.2, 0.25) is 0 Å². The van der Waals surface area contributed by atoms with Gasteiger partial charge in [0.2, 0.25) is 10.0 Å². The van der Waals surface area contributed by atoms with Crippen LogP contribution in [0.3, 0.4) is 0 Å². The minimum atomic E-state index is -3.44. The van der Waals surface area contributed by atoms with Crippen molar-refractivity contribution in [2.24, 2.45) is 11.3 Å². The monoisotopic (exact) mass is 286 g/mol. The molecule has 0 bridgehead atoms. The van der Waals surface area contributed by atoms with Gasteiger partial charge in [0.1, 0.15) is 0 Å². The number of hydrogen-bond acceptors (Lipinski definition) is 3. The molecule has 1 fully saturated rings. The van der Waals surface area contributed by atoms with Crippen LogP contribution in [-0.2, 0) is 10.0 Å². The van der Waals surface area contributed by atoms with Gasteiger partial charge < -0.3 is 0 Å². The van der Waals surface area contributed by atoms with Gasteiger partial charge in [0.15, 0.2) is 5.25 Å². The van der Waals surface area contributed by atoms with Gasteiger partial charge in [0, 0.05) is 13.1 Å². The van der Waals surface area contributed by atoms with Crippen molar-refractivity contribution in [2.45, 2.75) is 58.6 Å². The molecule has 2 atom stereocenters. The minimum absolute atomic E-state index is 0.221. The highest BCUT2D eigenvalue weighted by atomic mass is 32.2. The van der Waals surface area contributed by atoms with Gasteiger partial charge >= 0.3 is 0 Å². The van der Waals surface area contributed by atoms with E-state index in [-0.39, 0.29) is 5.41 Å². The zero-order valence-corrected chi connectivity index (χ0v) is 13.3. The standard InChI is InChI=1S/C14H26N2O2S/c1-5-13(11-15)19(17,18)16-9-6-7-12(8-10-16)14(2,3)4/h12-13H,5-10H2,1-4H3. The maximum Gasteiger partial charge on any atom is 0.230 e. The summed E-state index contributed by atoms with van der Waals surface area (Å²) in [7, 11) is -3.44. The zero-order valence-electron chi connectivity index (χ0n) is 12.5. The van der Waals surface area contributed by atoms with Crippen LogP contribution in [-0.4, -0.2) is 31.1 Å². The third-order valence-electron chi connectivity index (χ3n) is 4.15. The van der Waals surface area contributed by atoms with Crippen LogP contribution >= 0.6 is 0 Å². The Morgan fingerprint density at radius 3 is 2.42 bits per heavy atom. The molecule has 0 N–H and O–H groups in total. The highest BCUT2D eigenvalue weighted by molar-refractivity contribution is 7.90. The molecular weight excluding hydrogens is 260 g/mol. The lowest BCUT2D eigenvalue weighted by Crippen LogP contribution is -2.38.